The minimum atomic E-state index is -0.843. The molecule has 3 N–H and O–H groups in total. The van der Waals surface area contributed by atoms with Gasteiger partial charge in [0.25, 0.3) is 0 Å². The molecule has 0 bridgehead atoms. The summed E-state index contributed by atoms with van der Waals surface area (Å²) in [6.45, 7) is 4.17. The molecule has 0 spiro atoms. The van der Waals surface area contributed by atoms with E-state index in [-0.39, 0.29) is 18.6 Å². The van der Waals surface area contributed by atoms with Crippen molar-refractivity contribution in [3.05, 3.63) is 0 Å². The number of hydrogen-bond acceptors (Lipinski definition) is 3. The zero-order chi connectivity index (χ0) is 15.8. The highest BCUT2D eigenvalue weighted by Crippen LogP contribution is 2.26. The van der Waals surface area contributed by atoms with Gasteiger partial charge in [0.2, 0.25) is 0 Å². The van der Waals surface area contributed by atoms with Crippen LogP contribution in [0.2, 0.25) is 0 Å². The number of hydrogen-bond donors (Lipinski definition) is 3. The van der Waals surface area contributed by atoms with Gasteiger partial charge in [-0.1, -0.05) is 13.8 Å². The first-order valence-corrected chi connectivity index (χ1v) is 9.01. The molecular formula is C15H28N2O3S. The average Bonchev–Trinajstić information content (AvgIpc) is 2.43. The number of carbonyl (C=O) groups excluding carboxylic acids is 1. The van der Waals surface area contributed by atoms with E-state index in [4.69, 9.17) is 5.11 Å². The average molecular weight is 316 g/mol. The summed E-state index contributed by atoms with van der Waals surface area (Å²) in [5.41, 5.74) is 0. The zero-order valence-electron chi connectivity index (χ0n) is 13.2. The number of thioether (sulfide) groups is 1. The summed E-state index contributed by atoms with van der Waals surface area (Å²) in [6, 6.07) is -0.0145. The van der Waals surface area contributed by atoms with Crippen LogP contribution in [0.25, 0.3) is 0 Å². The Hall–Kier alpha value is -0.910. The van der Waals surface area contributed by atoms with E-state index in [0.29, 0.717) is 17.6 Å². The second-order valence-corrected chi connectivity index (χ2v) is 7.37. The largest absolute Gasteiger partial charge is 0.481 e. The lowest BCUT2D eigenvalue weighted by Gasteiger charge is -2.28. The summed E-state index contributed by atoms with van der Waals surface area (Å²) in [4.78, 5) is 23.0. The lowest BCUT2D eigenvalue weighted by Crippen LogP contribution is -2.46. The van der Waals surface area contributed by atoms with Gasteiger partial charge in [0.15, 0.2) is 0 Å². The van der Waals surface area contributed by atoms with E-state index in [2.05, 4.69) is 16.9 Å². The summed E-state index contributed by atoms with van der Waals surface area (Å²) >= 11 is 1.90. The monoisotopic (exact) mass is 316 g/mol. The lowest BCUT2D eigenvalue weighted by atomic mass is 9.95. The Kier molecular flexibility index (Phi) is 7.93. The topological polar surface area (TPSA) is 78.4 Å². The van der Waals surface area contributed by atoms with Gasteiger partial charge in [-0.05, 0) is 44.3 Å². The van der Waals surface area contributed by atoms with Crippen molar-refractivity contribution in [1.29, 1.82) is 0 Å². The molecule has 1 aliphatic carbocycles. The second kappa shape index (κ2) is 9.18. The smallest absolute Gasteiger partial charge is 0.315 e. The number of urea groups is 1. The molecule has 0 aromatic heterocycles. The number of nitrogens with one attached hydrogen (secondary N) is 2. The molecule has 5 nitrogen and oxygen atoms in total. The van der Waals surface area contributed by atoms with Crippen LogP contribution in [0.1, 0.15) is 46.0 Å². The van der Waals surface area contributed by atoms with Crippen molar-refractivity contribution in [3.63, 3.8) is 0 Å². The Morgan fingerprint density at radius 1 is 1.24 bits per heavy atom. The van der Waals surface area contributed by atoms with Crippen molar-refractivity contribution in [2.45, 2.75) is 57.2 Å². The Morgan fingerprint density at radius 2 is 1.86 bits per heavy atom. The molecule has 0 aromatic carbocycles. The van der Waals surface area contributed by atoms with E-state index < -0.39 is 11.9 Å². The van der Waals surface area contributed by atoms with Gasteiger partial charge in [-0.25, -0.2) is 4.79 Å². The number of rotatable bonds is 7. The molecule has 0 heterocycles. The van der Waals surface area contributed by atoms with Crippen LogP contribution in [0.15, 0.2) is 0 Å². The predicted octanol–water partition coefficient (Wildman–Crippen LogP) is 2.71. The molecule has 0 saturated heterocycles. The Labute approximate surface area is 131 Å². The van der Waals surface area contributed by atoms with E-state index in [1.807, 2.05) is 25.6 Å². The van der Waals surface area contributed by atoms with Crippen LogP contribution in [-0.2, 0) is 4.79 Å². The third-order valence-corrected chi connectivity index (χ3v) is 5.10. The van der Waals surface area contributed by atoms with E-state index in [0.717, 1.165) is 25.7 Å². The molecule has 1 aliphatic rings. The molecule has 0 aliphatic heterocycles. The third-order valence-electron chi connectivity index (χ3n) is 3.96. The molecule has 1 fully saturated rings. The van der Waals surface area contributed by atoms with E-state index in [9.17, 15) is 9.59 Å². The van der Waals surface area contributed by atoms with Crippen molar-refractivity contribution in [3.8, 4) is 0 Å². The summed E-state index contributed by atoms with van der Waals surface area (Å²) < 4.78 is 0. The zero-order valence-corrected chi connectivity index (χ0v) is 14.0. The van der Waals surface area contributed by atoms with E-state index in [1.54, 1.807) is 0 Å². The number of carboxylic acids is 1. The highest BCUT2D eigenvalue weighted by molar-refractivity contribution is 7.99. The standard InChI is InChI=1S/C15H28N2O3S/c1-10(2)8-11(14(18)19)9-16-15(20)17-12-4-6-13(21-3)7-5-12/h10-13H,4-9H2,1-3H3,(H,18,19)(H2,16,17,20). The first-order chi connectivity index (χ1) is 9.92. The second-order valence-electron chi connectivity index (χ2n) is 6.23. The molecule has 1 rings (SSSR count). The van der Waals surface area contributed by atoms with Gasteiger partial charge in [0.1, 0.15) is 0 Å². The van der Waals surface area contributed by atoms with Crippen LogP contribution in [0, 0.1) is 11.8 Å². The number of aliphatic carboxylic acids is 1. The molecule has 1 saturated carbocycles. The van der Waals surface area contributed by atoms with Crippen LogP contribution >= 0.6 is 11.8 Å². The molecule has 6 heteroatoms. The summed E-state index contributed by atoms with van der Waals surface area (Å²) in [5.74, 6) is -1.05. The van der Waals surface area contributed by atoms with Gasteiger partial charge in [-0.15, -0.1) is 0 Å². The van der Waals surface area contributed by atoms with Crippen LogP contribution in [0.3, 0.4) is 0 Å². The lowest BCUT2D eigenvalue weighted by molar-refractivity contribution is -0.142. The van der Waals surface area contributed by atoms with Crippen LogP contribution in [0.4, 0.5) is 4.79 Å². The highest BCUT2D eigenvalue weighted by Gasteiger charge is 2.23. The maximum absolute atomic E-state index is 11.9. The predicted molar refractivity (Wildman–Crippen MR) is 86.7 cm³/mol. The number of amides is 2. The first-order valence-electron chi connectivity index (χ1n) is 7.72. The fraction of sp³-hybridized carbons (Fsp3) is 0.867. The van der Waals surface area contributed by atoms with Gasteiger partial charge < -0.3 is 15.7 Å². The highest BCUT2D eigenvalue weighted by atomic mass is 32.2. The maximum Gasteiger partial charge on any atom is 0.315 e. The van der Waals surface area contributed by atoms with E-state index >= 15 is 0 Å². The van der Waals surface area contributed by atoms with Crippen molar-refractivity contribution in [2.75, 3.05) is 12.8 Å². The van der Waals surface area contributed by atoms with Gasteiger partial charge in [-0.2, -0.15) is 11.8 Å². The van der Waals surface area contributed by atoms with Crippen molar-refractivity contribution >= 4 is 23.8 Å². The molecule has 0 radical (unpaired) electrons. The van der Waals surface area contributed by atoms with Gasteiger partial charge >= 0.3 is 12.0 Å². The van der Waals surface area contributed by atoms with Gasteiger partial charge in [0, 0.05) is 17.8 Å². The van der Waals surface area contributed by atoms with Crippen molar-refractivity contribution < 1.29 is 14.7 Å². The Morgan fingerprint density at radius 3 is 2.33 bits per heavy atom. The SMILES string of the molecule is CSC1CCC(NC(=O)NCC(CC(C)C)C(=O)O)CC1. The minimum absolute atomic E-state index is 0.194. The minimum Gasteiger partial charge on any atom is -0.481 e. The molecule has 21 heavy (non-hydrogen) atoms. The molecular weight excluding hydrogens is 288 g/mol. The van der Waals surface area contributed by atoms with Crippen molar-refractivity contribution in [1.82, 2.24) is 10.6 Å². The van der Waals surface area contributed by atoms with Crippen LogP contribution in [0.5, 0.6) is 0 Å². The number of carboxylic acid groups (broad SMARTS) is 1. The first kappa shape index (κ1) is 18.1. The fourth-order valence-electron chi connectivity index (χ4n) is 2.74. The fourth-order valence-corrected chi connectivity index (χ4v) is 3.48. The normalized spacial score (nSPS) is 23.6. The van der Waals surface area contributed by atoms with Crippen LogP contribution in [-0.4, -0.2) is 41.2 Å². The molecule has 0 aromatic rings. The Balaban J connectivity index is 2.28. The molecule has 122 valence electrons. The quantitative estimate of drug-likeness (QED) is 0.675. The number of carbonyl (C=O) groups is 2. The summed E-state index contributed by atoms with van der Waals surface area (Å²) in [6.07, 6.45) is 7.00. The van der Waals surface area contributed by atoms with Crippen molar-refractivity contribution in [2.24, 2.45) is 11.8 Å². The van der Waals surface area contributed by atoms with E-state index in [1.165, 1.54) is 0 Å². The third kappa shape index (κ3) is 7.07. The maximum atomic E-state index is 11.9. The summed E-state index contributed by atoms with van der Waals surface area (Å²) in [7, 11) is 0. The molecule has 1 atom stereocenters. The molecule has 2 amide bonds. The molecule has 1 unspecified atom stereocenters. The van der Waals surface area contributed by atoms with Crippen LogP contribution < -0.4 is 10.6 Å². The van der Waals surface area contributed by atoms with Gasteiger partial charge in [0.05, 0.1) is 5.92 Å². The van der Waals surface area contributed by atoms with Gasteiger partial charge in [-0.3, -0.25) is 4.79 Å². The Bertz CT molecular complexity index is 342. The summed E-state index contributed by atoms with van der Waals surface area (Å²) in [5, 5.41) is 15.5.